The van der Waals surface area contributed by atoms with Crippen LogP contribution in [0.1, 0.15) is 11.1 Å². The molecule has 28 heavy (non-hydrogen) atoms. The summed E-state index contributed by atoms with van der Waals surface area (Å²) in [5.74, 6) is -0.763. The molecule has 0 aliphatic carbocycles. The monoisotopic (exact) mass is 389 g/mol. The second-order valence-corrected chi connectivity index (χ2v) is 7.15. The Kier molecular flexibility index (Phi) is 4.57. The largest absolute Gasteiger partial charge is 0.342 e. The lowest BCUT2D eigenvalue weighted by molar-refractivity contribution is -0.132. The van der Waals surface area contributed by atoms with Crippen LogP contribution in [0.3, 0.4) is 0 Å². The maximum absolute atomic E-state index is 12.6. The van der Waals surface area contributed by atoms with Crippen LogP contribution >= 0.6 is 12.2 Å². The lowest BCUT2D eigenvalue weighted by atomic mass is 10.1. The number of fused-ring (bicyclic) bond motifs is 1. The average molecular weight is 389 g/mol. The number of amides is 2. The van der Waals surface area contributed by atoms with Crippen molar-refractivity contribution in [1.29, 1.82) is 0 Å². The highest BCUT2D eigenvalue weighted by atomic mass is 32.1. The van der Waals surface area contributed by atoms with E-state index in [0.29, 0.717) is 6.54 Å². The van der Waals surface area contributed by atoms with Crippen molar-refractivity contribution in [2.24, 2.45) is 0 Å². The van der Waals surface area contributed by atoms with Gasteiger partial charge in [0.2, 0.25) is 0 Å². The van der Waals surface area contributed by atoms with Gasteiger partial charge in [0.15, 0.2) is 5.11 Å². The topological polar surface area (TPSA) is 45.6 Å². The molecule has 0 spiro atoms. The molecule has 0 unspecified atom stereocenters. The maximum atomic E-state index is 12.6. The van der Waals surface area contributed by atoms with Crippen molar-refractivity contribution in [1.82, 2.24) is 14.4 Å². The van der Waals surface area contributed by atoms with Gasteiger partial charge in [-0.3, -0.25) is 19.4 Å². The van der Waals surface area contributed by atoms with Crippen LogP contribution < -0.4 is 0 Å². The molecular formula is C22H19N3O2S. The molecule has 1 aliphatic rings. The summed E-state index contributed by atoms with van der Waals surface area (Å²) in [5.41, 5.74) is 3.17. The van der Waals surface area contributed by atoms with Crippen molar-refractivity contribution in [3.05, 3.63) is 77.5 Å². The molecular weight excluding hydrogens is 370 g/mol. The number of thiocarbonyl (C=S) groups is 1. The molecule has 1 aromatic heterocycles. The number of aromatic nitrogens is 1. The summed E-state index contributed by atoms with van der Waals surface area (Å²) in [6.07, 6.45) is 3.65. The van der Waals surface area contributed by atoms with Crippen molar-refractivity contribution < 1.29 is 9.59 Å². The van der Waals surface area contributed by atoms with Gasteiger partial charge in [-0.2, -0.15) is 0 Å². The molecule has 0 N–H and O–H groups in total. The Bertz CT molecular complexity index is 1110. The second-order valence-electron chi connectivity index (χ2n) is 6.78. The van der Waals surface area contributed by atoms with E-state index < -0.39 is 0 Å². The van der Waals surface area contributed by atoms with Gasteiger partial charge < -0.3 is 4.57 Å². The zero-order valence-electron chi connectivity index (χ0n) is 15.6. The first-order valence-electron chi connectivity index (χ1n) is 8.91. The summed E-state index contributed by atoms with van der Waals surface area (Å²) in [4.78, 5) is 27.9. The third kappa shape index (κ3) is 3.01. The number of benzene rings is 2. The van der Waals surface area contributed by atoms with E-state index in [4.69, 9.17) is 12.2 Å². The molecule has 3 aromatic rings. The molecule has 4 rings (SSSR count). The van der Waals surface area contributed by atoms with Crippen molar-refractivity contribution in [3.8, 4) is 0 Å². The number of para-hydroxylation sites is 1. The molecule has 2 heterocycles. The third-order valence-corrected chi connectivity index (χ3v) is 5.51. The Hall–Kier alpha value is -3.25. The second kappa shape index (κ2) is 7.05. The van der Waals surface area contributed by atoms with Crippen LogP contribution in [-0.4, -0.2) is 45.4 Å². The summed E-state index contributed by atoms with van der Waals surface area (Å²) < 4.78 is 2.13. The molecule has 2 amide bonds. The molecule has 0 saturated carbocycles. The molecule has 1 aliphatic heterocycles. The van der Waals surface area contributed by atoms with Gasteiger partial charge >= 0.3 is 0 Å². The van der Waals surface area contributed by atoms with Gasteiger partial charge in [-0.15, -0.1) is 0 Å². The van der Waals surface area contributed by atoms with Gasteiger partial charge in [-0.05, 0) is 29.9 Å². The highest BCUT2D eigenvalue weighted by Crippen LogP contribution is 2.26. The first kappa shape index (κ1) is 18.1. The summed E-state index contributed by atoms with van der Waals surface area (Å²) in [7, 11) is 3.17. The van der Waals surface area contributed by atoms with E-state index >= 15 is 0 Å². The zero-order valence-corrected chi connectivity index (χ0v) is 16.4. The Balaban J connectivity index is 1.81. The maximum Gasteiger partial charge on any atom is 0.265 e. The molecule has 2 aromatic carbocycles. The van der Waals surface area contributed by atoms with E-state index in [1.165, 1.54) is 15.4 Å². The van der Waals surface area contributed by atoms with E-state index in [2.05, 4.69) is 16.7 Å². The number of carbonyl (C=O) groups is 2. The van der Waals surface area contributed by atoms with E-state index in [9.17, 15) is 9.59 Å². The minimum absolute atomic E-state index is 0.112. The molecule has 0 atom stereocenters. The minimum Gasteiger partial charge on any atom is -0.342 e. The number of carbonyl (C=O) groups excluding carboxylic acids is 2. The average Bonchev–Trinajstić information content (AvgIpc) is 3.06. The smallest absolute Gasteiger partial charge is 0.265 e. The van der Waals surface area contributed by atoms with Crippen LogP contribution in [0.15, 0.2) is 66.4 Å². The standard InChI is InChI=1S/C22H19N3O2S/c1-23-20(26)18(21(27)24(2)22(23)28)12-16-14-25(13-15-8-4-3-5-9-15)19-11-7-6-10-17(16)19/h3-12,14H,13H2,1-2H3. The van der Waals surface area contributed by atoms with Crippen molar-refractivity contribution >= 4 is 46.1 Å². The molecule has 140 valence electrons. The lowest BCUT2D eigenvalue weighted by Crippen LogP contribution is -2.52. The molecule has 0 bridgehead atoms. The van der Waals surface area contributed by atoms with Crippen LogP contribution in [0.4, 0.5) is 0 Å². The SMILES string of the molecule is CN1C(=O)C(=Cc2cn(Cc3ccccc3)c3ccccc23)C(=O)N(C)C1=S. The highest BCUT2D eigenvalue weighted by molar-refractivity contribution is 7.80. The third-order valence-electron chi connectivity index (χ3n) is 4.96. The Morgan fingerprint density at radius 1 is 0.893 bits per heavy atom. The van der Waals surface area contributed by atoms with E-state index in [0.717, 1.165) is 16.5 Å². The summed E-state index contributed by atoms with van der Waals surface area (Å²) >= 11 is 5.16. The predicted molar refractivity (Wildman–Crippen MR) is 114 cm³/mol. The van der Waals surface area contributed by atoms with Crippen LogP contribution in [0.2, 0.25) is 0 Å². The first-order valence-corrected chi connectivity index (χ1v) is 9.32. The summed E-state index contributed by atoms with van der Waals surface area (Å²) in [6, 6.07) is 18.1. The normalized spacial score (nSPS) is 14.9. The van der Waals surface area contributed by atoms with Gasteiger partial charge in [-0.1, -0.05) is 48.5 Å². The van der Waals surface area contributed by atoms with Crippen LogP contribution in [0.25, 0.3) is 17.0 Å². The Morgan fingerprint density at radius 3 is 2.18 bits per heavy atom. The number of hydrogen-bond donors (Lipinski definition) is 0. The van der Waals surface area contributed by atoms with Crippen molar-refractivity contribution in [3.63, 3.8) is 0 Å². The minimum atomic E-state index is -0.381. The van der Waals surface area contributed by atoms with Gasteiger partial charge in [0.05, 0.1) is 0 Å². The lowest BCUT2D eigenvalue weighted by Gasteiger charge is -2.31. The van der Waals surface area contributed by atoms with Crippen molar-refractivity contribution in [2.45, 2.75) is 6.54 Å². The molecule has 5 nitrogen and oxygen atoms in total. The van der Waals surface area contributed by atoms with E-state index in [-0.39, 0.29) is 22.5 Å². The summed E-state index contributed by atoms with van der Waals surface area (Å²) in [6.45, 7) is 0.705. The fraction of sp³-hybridized carbons (Fsp3) is 0.136. The van der Waals surface area contributed by atoms with Gasteiger partial charge in [0.1, 0.15) is 5.57 Å². The quantitative estimate of drug-likeness (QED) is 0.392. The molecule has 0 radical (unpaired) electrons. The zero-order chi connectivity index (χ0) is 19.8. The van der Waals surface area contributed by atoms with Gasteiger partial charge in [0, 0.05) is 43.3 Å². The Labute approximate surface area is 168 Å². The first-order chi connectivity index (χ1) is 13.5. The molecule has 1 saturated heterocycles. The fourth-order valence-electron chi connectivity index (χ4n) is 3.43. The summed E-state index contributed by atoms with van der Waals surface area (Å²) in [5, 5.41) is 1.20. The number of likely N-dealkylation sites (N-methyl/N-ethyl adjacent to an activating group) is 2. The van der Waals surface area contributed by atoms with Gasteiger partial charge in [0.25, 0.3) is 11.8 Å². The molecule has 1 fully saturated rings. The van der Waals surface area contributed by atoms with Gasteiger partial charge in [-0.25, -0.2) is 0 Å². The van der Waals surface area contributed by atoms with Crippen LogP contribution in [-0.2, 0) is 16.1 Å². The number of hydrogen-bond acceptors (Lipinski definition) is 3. The molecule has 6 heteroatoms. The number of nitrogens with zero attached hydrogens (tertiary/aromatic N) is 3. The van der Waals surface area contributed by atoms with Crippen LogP contribution in [0, 0.1) is 0 Å². The number of rotatable bonds is 3. The van der Waals surface area contributed by atoms with Crippen LogP contribution in [0.5, 0.6) is 0 Å². The highest BCUT2D eigenvalue weighted by Gasteiger charge is 2.35. The van der Waals surface area contributed by atoms with E-state index in [1.54, 1.807) is 20.2 Å². The fourth-order valence-corrected chi connectivity index (χ4v) is 3.60. The van der Waals surface area contributed by atoms with Crippen molar-refractivity contribution in [2.75, 3.05) is 14.1 Å². The Morgan fingerprint density at radius 2 is 1.50 bits per heavy atom. The van der Waals surface area contributed by atoms with E-state index in [1.807, 2.05) is 48.7 Å². The predicted octanol–water partition coefficient (Wildman–Crippen LogP) is 3.29.